The predicted octanol–water partition coefficient (Wildman–Crippen LogP) is 0.800. The van der Waals surface area contributed by atoms with Gasteiger partial charge in [0.2, 0.25) is 0 Å². The van der Waals surface area contributed by atoms with Crippen LogP contribution in [0.1, 0.15) is 0 Å². The fourth-order valence-electron chi connectivity index (χ4n) is 2.42. The molecule has 1 aromatic heterocycles. The summed E-state index contributed by atoms with van der Waals surface area (Å²) in [6.45, 7) is 0.331. The molecule has 3 rings (SSSR count). The predicted molar refractivity (Wildman–Crippen MR) is 83.3 cm³/mol. The van der Waals surface area contributed by atoms with E-state index in [4.69, 9.17) is 9.47 Å². The highest BCUT2D eigenvalue weighted by molar-refractivity contribution is 5.81. The van der Waals surface area contributed by atoms with E-state index in [0.717, 1.165) is 16.7 Å². The molecule has 3 atom stereocenters. The van der Waals surface area contributed by atoms with E-state index < -0.39 is 18.3 Å². The minimum Gasteiger partial charge on any atom is -0.491 e. The number of pyridine rings is 1. The van der Waals surface area contributed by atoms with Crippen molar-refractivity contribution < 1.29 is 19.7 Å². The fourth-order valence-corrected chi connectivity index (χ4v) is 2.42. The largest absolute Gasteiger partial charge is 0.491 e. The highest BCUT2D eigenvalue weighted by Gasteiger charge is 2.34. The number of nitrogens with zero attached hydrogens (tertiary/aromatic N) is 2. The molecule has 3 unspecified atom stereocenters. The molecule has 2 N–H and O–H groups in total. The van der Waals surface area contributed by atoms with Gasteiger partial charge in [0.1, 0.15) is 36.5 Å². The Labute approximate surface area is 128 Å². The molecule has 2 aromatic rings. The van der Waals surface area contributed by atoms with Gasteiger partial charge < -0.3 is 24.6 Å². The molecular weight excluding hydrogens is 284 g/mol. The van der Waals surface area contributed by atoms with Crippen molar-refractivity contribution in [1.29, 1.82) is 0 Å². The van der Waals surface area contributed by atoms with Crippen molar-refractivity contribution in [3.63, 3.8) is 0 Å². The summed E-state index contributed by atoms with van der Waals surface area (Å²) in [7, 11) is 3.89. The minimum atomic E-state index is -0.904. The summed E-state index contributed by atoms with van der Waals surface area (Å²) in [6, 6.07) is 9.64. The minimum absolute atomic E-state index is 0.140. The van der Waals surface area contributed by atoms with Crippen LogP contribution in [0.25, 0.3) is 10.9 Å². The molecule has 0 spiro atoms. The standard InChI is InChI=1S/C16H20N2O4/c1-18(2)15-6-4-10-3-5-11(7-12(10)17-15)21-9-14-16(20)13(19)8-22-14/h3-7,13-14,16,19-20H,8-9H2,1-2H3. The van der Waals surface area contributed by atoms with Crippen LogP contribution in [0.3, 0.4) is 0 Å². The number of rotatable bonds is 4. The molecule has 22 heavy (non-hydrogen) atoms. The van der Waals surface area contributed by atoms with Crippen LogP contribution in [-0.4, -0.2) is 60.8 Å². The van der Waals surface area contributed by atoms with Crippen LogP contribution in [0.15, 0.2) is 30.3 Å². The Morgan fingerprint density at radius 2 is 2.05 bits per heavy atom. The zero-order chi connectivity index (χ0) is 15.7. The number of aliphatic hydroxyl groups is 2. The van der Waals surface area contributed by atoms with Gasteiger partial charge in [-0.3, -0.25) is 0 Å². The SMILES string of the molecule is CN(C)c1ccc2ccc(OCC3OCC(O)C3O)cc2n1. The second kappa shape index (κ2) is 6.08. The molecule has 0 amide bonds. The third-order valence-corrected chi connectivity index (χ3v) is 3.78. The molecule has 1 saturated heterocycles. The lowest BCUT2D eigenvalue weighted by Crippen LogP contribution is -2.33. The van der Waals surface area contributed by atoms with E-state index in [0.29, 0.717) is 5.75 Å². The Morgan fingerprint density at radius 3 is 2.73 bits per heavy atom. The smallest absolute Gasteiger partial charge is 0.128 e. The first-order valence-corrected chi connectivity index (χ1v) is 7.23. The van der Waals surface area contributed by atoms with Crippen molar-refractivity contribution in [2.45, 2.75) is 18.3 Å². The summed E-state index contributed by atoms with van der Waals surface area (Å²) in [5.74, 6) is 1.54. The summed E-state index contributed by atoms with van der Waals surface area (Å²) in [5.41, 5.74) is 0.844. The van der Waals surface area contributed by atoms with Crippen LogP contribution in [0.2, 0.25) is 0 Å². The Bertz CT molecular complexity index is 662. The van der Waals surface area contributed by atoms with Gasteiger partial charge in [-0.15, -0.1) is 0 Å². The number of hydrogen-bond donors (Lipinski definition) is 2. The Balaban J connectivity index is 1.74. The Kier molecular flexibility index (Phi) is 4.15. The first-order chi connectivity index (χ1) is 10.5. The van der Waals surface area contributed by atoms with Crippen molar-refractivity contribution in [2.75, 3.05) is 32.2 Å². The molecule has 1 aromatic carbocycles. The van der Waals surface area contributed by atoms with Crippen molar-refractivity contribution in [3.8, 4) is 5.75 Å². The summed E-state index contributed by atoms with van der Waals surface area (Å²) >= 11 is 0. The van der Waals surface area contributed by atoms with Crippen LogP contribution < -0.4 is 9.64 Å². The highest BCUT2D eigenvalue weighted by Crippen LogP contribution is 2.23. The number of anilines is 1. The molecule has 2 heterocycles. The summed E-state index contributed by atoms with van der Waals surface area (Å²) in [6.07, 6.45) is -2.25. The van der Waals surface area contributed by atoms with E-state index in [-0.39, 0.29) is 13.2 Å². The van der Waals surface area contributed by atoms with E-state index >= 15 is 0 Å². The fraction of sp³-hybridized carbons (Fsp3) is 0.438. The maximum atomic E-state index is 9.73. The average molecular weight is 304 g/mol. The maximum absolute atomic E-state index is 9.73. The lowest BCUT2D eigenvalue weighted by atomic mass is 10.1. The third kappa shape index (κ3) is 2.99. The first-order valence-electron chi connectivity index (χ1n) is 7.23. The van der Waals surface area contributed by atoms with Gasteiger partial charge in [-0.25, -0.2) is 4.98 Å². The molecule has 6 heteroatoms. The van der Waals surface area contributed by atoms with Gasteiger partial charge in [-0.2, -0.15) is 0 Å². The molecular formula is C16H20N2O4. The quantitative estimate of drug-likeness (QED) is 0.870. The van der Waals surface area contributed by atoms with Gasteiger partial charge in [-0.1, -0.05) is 0 Å². The Morgan fingerprint density at radius 1 is 1.27 bits per heavy atom. The van der Waals surface area contributed by atoms with Gasteiger partial charge in [0, 0.05) is 25.5 Å². The number of aromatic nitrogens is 1. The van der Waals surface area contributed by atoms with Gasteiger partial charge in [0.15, 0.2) is 0 Å². The van der Waals surface area contributed by atoms with Crippen LogP contribution in [0.5, 0.6) is 5.75 Å². The molecule has 1 aliphatic rings. The molecule has 0 saturated carbocycles. The average Bonchev–Trinajstić information content (AvgIpc) is 2.83. The van der Waals surface area contributed by atoms with E-state index in [1.54, 1.807) is 0 Å². The summed E-state index contributed by atoms with van der Waals surface area (Å²) in [5, 5.41) is 20.2. The monoisotopic (exact) mass is 304 g/mol. The van der Waals surface area contributed by atoms with Gasteiger partial charge in [-0.05, 0) is 24.3 Å². The van der Waals surface area contributed by atoms with Crippen molar-refractivity contribution >= 4 is 16.7 Å². The number of fused-ring (bicyclic) bond motifs is 1. The highest BCUT2D eigenvalue weighted by atomic mass is 16.6. The van der Waals surface area contributed by atoms with Crippen molar-refractivity contribution in [1.82, 2.24) is 4.98 Å². The van der Waals surface area contributed by atoms with Crippen molar-refractivity contribution in [2.24, 2.45) is 0 Å². The number of ether oxygens (including phenoxy) is 2. The normalized spacial score (nSPS) is 24.6. The molecule has 118 valence electrons. The number of aliphatic hydroxyl groups excluding tert-OH is 2. The topological polar surface area (TPSA) is 75.1 Å². The third-order valence-electron chi connectivity index (χ3n) is 3.78. The molecule has 6 nitrogen and oxygen atoms in total. The van der Waals surface area contributed by atoms with E-state index in [2.05, 4.69) is 4.98 Å². The molecule has 1 fully saturated rings. The summed E-state index contributed by atoms with van der Waals surface area (Å²) in [4.78, 5) is 6.51. The van der Waals surface area contributed by atoms with E-state index in [1.807, 2.05) is 49.3 Å². The van der Waals surface area contributed by atoms with Crippen molar-refractivity contribution in [3.05, 3.63) is 30.3 Å². The lowest BCUT2D eigenvalue weighted by Gasteiger charge is -2.16. The van der Waals surface area contributed by atoms with Crippen LogP contribution in [0.4, 0.5) is 5.82 Å². The zero-order valence-electron chi connectivity index (χ0n) is 12.6. The molecule has 0 aliphatic carbocycles. The summed E-state index contributed by atoms with van der Waals surface area (Å²) < 4.78 is 11.0. The number of benzene rings is 1. The molecule has 0 radical (unpaired) electrons. The lowest BCUT2D eigenvalue weighted by molar-refractivity contribution is -0.0000675. The second-order valence-electron chi connectivity index (χ2n) is 5.66. The Hall–Kier alpha value is -1.89. The van der Waals surface area contributed by atoms with Crippen LogP contribution >= 0.6 is 0 Å². The second-order valence-corrected chi connectivity index (χ2v) is 5.66. The van der Waals surface area contributed by atoms with E-state index in [9.17, 15) is 10.2 Å². The van der Waals surface area contributed by atoms with Gasteiger partial charge in [0.05, 0.1) is 12.1 Å². The van der Waals surface area contributed by atoms with Crippen LogP contribution in [0, 0.1) is 0 Å². The van der Waals surface area contributed by atoms with Gasteiger partial charge in [0.25, 0.3) is 0 Å². The molecule has 1 aliphatic heterocycles. The molecule has 0 bridgehead atoms. The van der Waals surface area contributed by atoms with Gasteiger partial charge >= 0.3 is 0 Å². The van der Waals surface area contributed by atoms with E-state index in [1.165, 1.54) is 0 Å². The van der Waals surface area contributed by atoms with Crippen LogP contribution in [-0.2, 0) is 4.74 Å². The number of hydrogen-bond acceptors (Lipinski definition) is 6. The maximum Gasteiger partial charge on any atom is 0.128 e. The first kappa shape index (κ1) is 15.0. The zero-order valence-corrected chi connectivity index (χ0v) is 12.6.